The van der Waals surface area contributed by atoms with Crippen LogP contribution in [0.15, 0.2) is 60.5 Å². The Kier molecular flexibility index (Phi) is 16.2. The van der Waals surface area contributed by atoms with Crippen LogP contribution < -0.4 is 4.50 Å². The van der Waals surface area contributed by atoms with Crippen molar-refractivity contribution in [2.24, 2.45) is 11.8 Å². The quantitative estimate of drug-likeness (QED) is 0.0668. The van der Waals surface area contributed by atoms with Gasteiger partial charge in [0.2, 0.25) is 0 Å². The van der Waals surface area contributed by atoms with E-state index in [0.29, 0.717) is 16.6 Å². The number of benzene rings is 2. The Labute approximate surface area is 316 Å². The topological polar surface area (TPSA) is 50.2 Å². The maximum atomic E-state index is 11.7. The summed E-state index contributed by atoms with van der Waals surface area (Å²) in [7, 11) is -1.71. The first-order chi connectivity index (χ1) is 22.6. The third kappa shape index (κ3) is 9.41. The number of carbonyl (C=O) groups excluding carboxylic acids is 1. The summed E-state index contributed by atoms with van der Waals surface area (Å²) in [6, 6.07) is 19.4. The molecule has 2 heterocycles. The molecule has 0 atom stereocenters. The molecule has 0 bridgehead atoms. The van der Waals surface area contributed by atoms with E-state index in [-0.39, 0.29) is 48.9 Å². The smallest absolute Gasteiger partial charge is 0.162 e. The third-order valence-electron chi connectivity index (χ3n) is 10.6. The molecule has 0 aliphatic carbocycles. The fourth-order valence-corrected chi connectivity index (χ4v) is 18.1. The van der Waals surface area contributed by atoms with Crippen molar-refractivity contribution in [1.29, 1.82) is 0 Å². The minimum atomic E-state index is -1.71. The van der Waals surface area contributed by atoms with Crippen LogP contribution in [-0.4, -0.2) is 23.9 Å². The van der Waals surface area contributed by atoms with Crippen molar-refractivity contribution in [1.82, 2.24) is 4.98 Å². The van der Waals surface area contributed by atoms with Gasteiger partial charge in [-0.05, 0) is 69.7 Å². The van der Waals surface area contributed by atoms with Gasteiger partial charge in [-0.1, -0.05) is 119 Å². The van der Waals surface area contributed by atoms with Gasteiger partial charge >= 0.3 is 0 Å². The Morgan fingerprint density at radius 1 is 0.878 bits per heavy atom. The van der Waals surface area contributed by atoms with Crippen molar-refractivity contribution in [2.75, 3.05) is 0 Å². The average Bonchev–Trinajstić information content (AvgIpc) is 3.45. The molecule has 1 N–H and O–H groups in total. The molecule has 0 fully saturated rings. The Bertz CT molecular complexity index is 1670. The maximum Gasteiger partial charge on any atom is 0.162 e. The van der Waals surface area contributed by atoms with E-state index in [9.17, 15) is 9.90 Å². The first kappa shape index (κ1) is 43.1. The number of fused-ring (bicyclic) bond motifs is 2. The average molecular weight is 877 g/mol. The van der Waals surface area contributed by atoms with Crippen LogP contribution in [-0.2, 0) is 30.3 Å². The zero-order valence-corrected chi connectivity index (χ0v) is 36.7. The SMILES string of the molecule is CC(C)[Si](c1cc2ccnc(-c3[c-]c4ccccc4c(C(C)(C)C)c3)c2s1)(C(C)C)C(C)C.CCC(CC)C(=O)/C=C(\O)C(CC)CC.[Ir]. The Morgan fingerprint density at radius 3 is 1.94 bits per heavy atom. The van der Waals surface area contributed by atoms with E-state index in [1.165, 1.54) is 32.5 Å². The summed E-state index contributed by atoms with van der Waals surface area (Å²) in [5, 5.41) is 13.6. The number of thiophene rings is 1. The molecule has 0 amide bonds. The summed E-state index contributed by atoms with van der Waals surface area (Å²) in [6.45, 7) is 29.6. The molecule has 0 aliphatic heterocycles. The van der Waals surface area contributed by atoms with Crippen molar-refractivity contribution < 1.29 is 30.0 Å². The second-order valence-corrected chi connectivity index (χ2v) is 22.8. The standard InChI is InChI=1S/C30H38NSSi.C13H24O2.Ir/c1-19(2)33(20(3)4,21(5)6)27-18-23-14-15-31-28(29(23)32-27)24-16-22-12-10-11-13-25(22)26(17-24)30(7,8)9;1-5-10(6-2)12(14)9-13(15)11(7-3)8-4;/h10-15,17-21H,1-9H3;9-11,14H,5-8H2,1-4H3;/q-1;;/b;12-9-;. The fraction of sp³-hybridized carbons (Fsp3) is 0.535. The van der Waals surface area contributed by atoms with Gasteiger partial charge in [0, 0.05) is 54.6 Å². The molecule has 271 valence electrons. The van der Waals surface area contributed by atoms with E-state index in [1.54, 1.807) is 4.50 Å². The molecule has 2 aromatic heterocycles. The summed E-state index contributed by atoms with van der Waals surface area (Å²) in [5.41, 5.74) is 5.69. The van der Waals surface area contributed by atoms with Crippen molar-refractivity contribution in [2.45, 2.75) is 138 Å². The molecule has 49 heavy (non-hydrogen) atoms. The summed E-state index contributed by atoms with van der Waals surface area (Å²) in [4.78, 5) is 16.6. The number of carbonyl (C=O) groups is 1. The number of aromatic nitrogens is 1. The first-order valence-electron chi connectivity index (χ1n) is 18.4. The van der Waals surface area contributed by atoms with Crippen LogP contribution in [0.4, 0.5) is 0 Å². The molecule has 4 rings (SSSR count). The van der Waals surface area contributed by atoms with E-state index in [4.69, 9.17) is 4.98 Å². The predicted octanol–water partition coefficient (Wildman–Crippen LogP) is 13.0. The van der Waals surface area contributed by atoms with Crippen LogP contribution >= 0.6 is 11.3 Å². The van der Waals surface area contributed by atoms with Gasteiger partial charge in [-0.15, -0.1) is 29.1 Å². The van der Waals surface area contributed by atoms with Gasteiger partial charge in [-0.3, -0.25) is 9.78 Å². The van der Waals surface area contributed by atoms with Crippen LogP contribution in [0.2, 0.25) is 16.6 Å². The van der Waals surface area contributed by atoms with E-state index >= 15 is 0 Å². The molecule has 2 aromatic carbocycles. The number of hydrogen-bond acceptors (Lipinski definition) is 4. The van der Waals surface area contributed by atoms with Gasteiger partial charge in [0.05, 0.1) is 5.76 Å². The van der Waals surface area contributed by atoms with Crippen molar-refractivity contribution in [3.8, 4) is 11.3 Å². The van der Waals surface area contributed by atoms with Crippen LogP contribution in [0.5, 0.6) is 0 Å². The Morgan fingerprint density at radius 2 is 1.43 bits per heavy atom. The molecule has 0 unspecified atom stereocenters. The molecule has 3 nitrogen and oxygen atoms in total. The van der Waals surface area contributed by atoms with Crippen LogP contribution in [0.25, 0.3) is 32.1 Å². The monoisotopic (exact) mass is 877 g/mol. The van der Waals surface area contributed by atoms with Crippen LogP contribution in [0.1, 0.15) is 121 Å². The second kappa shape index (κ2) is 18.4. The predicted molar refractivity (Wildman–Crippen MR) is 215 cm³/mol. The maximum absolute atomic E-state index is 11.7. The zero-order valence-electron chi connectivity index (χ0n) is 32.5. The second-order valence-electron chi connectivity index (χ2n) is 15.5. The van der Waals surface area contributed by atoms with Crippen molar-refractivity contribution in [3.63, 3.8) is 0 Å². The fourth-order valence-electron chi connectivity index (χ4n) is 7.98. The number of rotatable bonds is 12. The Balaban J connectivity index is 0.000000444. The molecule has 1 radical (unpaired) electrons. The summed E-state index contributed by atoms with van der Waals surface area (Å²) < 4.78 is 2.95. The molecule has 0 saturated heterocycles. The number of ketones is 1. The van der Waals surface area contributed by atoms with E-state index in [1.807, 2.05) is 45.2 Å². The van der Waals surface area contributed by atoms with E-state index < -0.39 is 8.07 Å². The first-order valence-corrected chi connectivity index (χ1v) is 21.4. The summed E-state index contributed by atoms with van der Waals surface area (Å²) in [6.07, 6.45) is 6.89. The van der Waals surface area contributed by atoms with Gasteiger partial charge in [-0.25, -0.2) is 0 Å². The number of allylic oxidation sites excluding steroid dienone is 2. The minimum Gasteiger partial charge on any atom is -0.512 e. The third-order valence-corrected chi connectivity index (χ3v) is 19.7. The Hall–Kier alpha value is -2.11. The number of hydrogen-bond donors (Lipinski definition) is 1. The van der Waals surface area contributed by atoms with Crippen molar-refractivity contribution in [3.05, 3.63) is 72.1 Å². The molecular formula is C43H62IrNO2SSi-. The van der Waals surface area contributed by atoms with Gasteiger partial charge in [0.1, 0.15) is 8.07 Å². The minimum absolute atomic E-state index is 0. The molecule has 0 spiro atoms. The summed E-state index contributed by atoms with van der Waals surface area (Å²) >= 11 is 2.01. The normalized spacial score (nSPS) is 12.7. The van der Waals surface area contributed by atoms with Gasteiger partial charge in [-0.2, -0.15) is 11.3 Å². The zero-order chi connectivity index (χ0) is 36.0. The number of aliphatic hydroxyl groups excluding tert-OH is 1. The van der Waals surface area contributed by atoms with Gasteiger partial charge < -0.3 is 5.11 Å². The van der Waals surface area contributed by atoms with Crippen LogP contribution in [0, 0.1) is 17.9 Å². The van der Waals surface area contributed by atoms with Crippen molar-refractivity contribution >= 4 is 50.6 Å². The van der Waals surface area contributed by atoms with Gasteiger partial charge in [0.25, 0.3) is 0 Å². The molecule has 0 aliphatic rings. The summed E-state index contributed by atoms with van der Waals surface area (Å²) in [5.74, 6) is 0.547. The molecular weight excluding hydrogens is 815 g/mol. The molecule has 6 heteroatoms. The number of nitrogens with zero attached hydrogens (tertiary/aromatic N) is 1. The van der Waals surface area contributed by atoms with E-state index in [2.05, 4.69) is 111 Å². The van der Waals surface area contributed by atoms with Gasteiger partial charge in [0.15, 0.2) is 5.78 Å². The van der Waals surface area contributed by atoms with E-state index in [0.717, 1.165) is 36.9 Å². The number of pyridine rings is 1. The van der Waals surface area contributed by atoms with Crippen LogP contribution in [0.3, 0.4) is 0 Å². The molecule has 0 saturated carbocycles. The largest absolute Gasteiger partial charge is 0.512 e. The molecule has 4 aromatic rings. The number of aliphatic hydroxyl groups is 1.